The lowest BCUT2D eigenvalue weighted by atomic mass is 10.0. The van der Waals surface area contributed by atoms with Crippen molar-refractivity contribution in [3.05, 3.63) is 80.9 Å². The number of carbonyl (C=O) groups excluding carboxylic acids is 1. The molecule has 0 amide bonds. The maximum atomic E-state index is 13.0. The van der Waals surface area contributed by atoms with Gasteiger partial charge in [-0.15, -0.1) is 0 Å². The Bertz CT molecular complexity index is 1440. The second-order valence-corrected chi connectivity index (χ2v) is 9.63. The SMILES string of the molecule is CCc1oc2ccc(Nc3ncc(NC)c(=O)n3Cc3ccc(Cl)cc3)cc2c1C.O=CC1CCOCC1. The molecule has 1 saturated heterocycles. The first kappa shape index (κ1) is 27.4. The van der Waals surface area contributed by atoms with Crippen molar-refractivity contribution in [2.75, 3.05) is 30.9 Å². The highest BCUT2D eigenvalue weighted by atomic mass is 35.5. The summed E-state index contributed by atoms with van der Waals surface area (Å²) in [5.74, 6) is 1.73. The van der Waals surface area contributed by atoms with Gasteiger partial charge in [0, 0.05) is 48.7 Å². The number of benzene rings is 2. The minimum Gasteiger partial charge on any atom is -0.461 e. The second kappa shape index (κ2) is 12.8. The number of hydrogen-bond acceptors (Lipinski definition) is 7. The van der Waals surface area contributed by atoms with Crippen molar-refractivity contribution < 1.29 is 13.9 Å². The third-order valence-corrected chi connectivity index (χ3v) is 6.89. The molecule has 3 heterocycles. The zero-order valence-electron chi connectivity index (χ0n) is 21.9. The highest BCUT2D eigenvalue weighted by Crippen LogP contribution is 2.29. The molecule has 0 unspecified atom stereocenters. The molecule has 200 valence electrons. The zero-order valence-corrected chi connectivity index (χ0v) is 22.7. The summed E-state index contributed by atoms with van der Waals surface area (Å²) in [6.45, 7) is 6.04. The highest BCUT2D eigenvalue weighted by Gasteiger charge is 2.14. The summed E-state index contributed by atoms with van der Waals surface area (Å²) in [5.41, 5.74) is 4.05. The summed E-state index contributed by atoms with van der Waals surface area (Å²) in [6, 6.07) is 13.3. The Hall–Kier alpha value is -3.62. The number of furan rings is 1. The van der Waals surface area contributed by atoms with Gasteiger partial charge >= 0.3 is 0 Å². The molecule has 2 aromatic carbocycles. The molecule has 0 radical (unpaired) electrons. The summed E-state index contributed by atoms with van der Waals surface area (Å²) in [6.07, 6.45) is 5.26. The molecule has 1 aliphatic rings. The lowest BCUT2D eigenvalue weighted by Gasteiger charge is -2.15. The molecule has 0 aliphatic carbocycles. The molecule has 4 aromatic rings. The fourth-order valence-electron chi connectivity index (χ4n) is 4.35. The van der Waals surface area contributed by atoms with Gasteiger partial charge in [0.25, 0.3) is 5.56 Å². The van der Waals surface area contributed by atoms with Crippen molar-refractivity contribution in [2.45, 2.75) is 39.7 Å². The molecule has 2 N–H and O–H groups in total. The predicted octanol–water partition coefficient (Wildman–Crippen LogP) is 5.96. The van der Waals surface area contributed by atoms with E-state index in [2.05, 4.69) is 29.5 Å². The van der Waals surface area contributed by atoms with E-state index in [-0.39, 0.29) is 11.5 Å². The van der Waals surface area contributed by atoms with Gasteiger partial charge in [0.1, 0.15) is 23.3 Å². The predicted molar refractivity (Wildman–Crippen MR) is 152 cm³/mol. The molecule has 9 heteroatoms. The first-order valence-electron chi connectivity index (χ1n) is 12.8. The average Bonchev–Trinajstić information content (AvgIpc) is 3.27. The number of hydrogen-bond donors (Lipinski definition) is 2. The molecule has 38 heavy (non-hydrogen) atoms. The smallest absolute Gasteiger partial charge is 0.278 e. The number of halogens is 1. The number of carbonyl (C=O) groups is 1. The molecule has 0 atom stereocenters. The maximum Gasteiger partial charge on any atom is 0.278 e. The van der Waals surface area contributed by atoms with E-state index < -0.39 is 0 Å². The Balaban J connectivity index is 0.000000360. The molecule has 2 aromatic heterocycles. The summed E-state index contributed by atoms with van der Waals surface area (Å²) in [7, 11) is 1.71. The van der Waals surface area contributed by atoms with Crippen molar-refractivity contribution in [3.63, 3.8) is 0 Å². The number of nitrogens with zero attached hydrogens (tertiary/aromatic N) is 2. The first-order valence-corrected chi connectivity index (χ1v) is 13.1. The van der Waals surface area contributed by atoms with Gasteiger partial charge in [-0.3, -0.25) is 9.36 Å². The number of fused-ring (bicyclic) bond motifs is 1. The lowest BCUT2D eigenvalue weighted by molar-refractivity contribution is -0.113. The number of nitrogens with one attached hydrogen (secondary N) is 2. The van der Waals surface area contributed by atoms with Gasteiger partial charge in [-0.25, -0.2) is 4.98 Å². The van der Waals surface area contributed by atoms with E-state index in [1.807, 2.05) is 42.5 Å². The third kappa shape index (κ3) is 6.44. The van der Waals surface area contributed by atoms with E-state index in [9.17, 15) is 9.59 Å². The Kier molecular flexibility index (Phi) is 9.20. The van der Waals surface area contributed by atoms with Crippen molar-refractivity contribution in [3.8, 4) is 0 Å². The molecular formula is C29H33ClN4O4. The van der Waals surface area contributed by atoms with E-state index in [4.69, 9.17) is 20.8 Å². The Morgan fingerprint density at radius 1 is 1.16 bits per heavy atom. The molecule has 5 rings (SSSR count). The highest BCUT2D eigenvalue weighted by molar-refractivity contribution is 6.30. The average molecular weight is 537 g/mol. The van der Waals surface area contributed by atoms with E-state index >= 15 is 0 Å². The minimum absolute atomic E-state index is 0.154. The fourth-order valence-corrected chi connectivity index (χ4v) is 4.48. The van der Waals surface area contributed by atoms with Crippen molar-refractivity contribution in [1.82, 2.24) is 9.55 Å². The molecule has 0 saturated carbocycles. The van der Waals surface area contributed by atoms with Crippen LogP contribution in [0.15, 0.2) is 57.9 Å². The van der Waals surface area contributed by atoms with Gasteiger partial charge < -0.3 is 24.6 Å². The maximum absolute atomic E-state index is 13.0. The van der Waals surface area contributed by atoms with Crippen LogP contribution in [-0.2, 0) is 22.5 Å². The number of ether oxygens (including phenoxy) is 1. The standard InChI is InChI=1S/C23H23ClN4O2.C6H10O2/c1-4-20-14(2)18-11-17(9-10-21(18)30-20)27-23-26-12-19(25-3)22(29)28(23)13-15-5-7-16(24)8-6-15;7-5-6-1-3-8-4-2-6/h5-12,25H,4,13H2,1-3H3,(H,26,27);5-6H,1-4H2. The lowest BCUT2D eigenvalue weighted by Crippen LogP contribution is -2.26. The normalized spacial score (nSPS) is 13.6. The Labute approximate surface area is 227 Å². The largest absolute Gasteiger partial charge is 0.461 e. The quantitative estimate of drug-likeness (QED) is 0.281. The molecule has 0 bridgehead atoms. The monoisotopic (exact) mass is 536 g/mol. The van der Waals surface area contributed by atoms with Crippen molar-refractivity contribution >= 4 is 46.2 Å². The third-order valence-electron chi connectivity index (χ3n) is 6.64. The van der Waals surface area contributed by atoms with Crippen molar-refractivity contribution in [1.29, 1.82) is 0 Å². The minimum atomic E-state index is -0.154. The van der Waals surface area contributed by atoms with E-state index in [0.717, 1.165) is 72.3 Å². The van der Waals surface area contributed by atoms with Crippen LogP contribution in [0.2, 0.25) is 5.02 Å². The summed E-state index contributed by atoms with van der Waals surface area (Å²) in [4.78, 5) is 27.6. The first-order chi connectivity index (χ1) is 18.4. The summed E-state index contributed by atoms with van der Waals surface area (Å²) < 4.78 is 12.6. The van der Waals surface area contributed by atoms with Gasteiger partial charge in [-0.05, 0) is 61.2 Å². The second-order valence-electron chi connectivity index (χ2n) is 9.19. The molecule has 1 aliphatic heterocycles. The molecular weight excluding hydrogens is 504 g/mol. The van der Waals surface area contributed by atoms with Crippen LogP contribution in [0.4, 0.5) is 17.3 Å². The van der Waals surface area contributed by atoms with Gasteiger partial charge in [0.05, 0.1) is 12.7 Å². The number of aldehydes is 1. The van der Waals surface area contributed by atoms with Gasteiger partial charge in [-0.2, -0.15) is 0 Å². The number of aromatic nitrogens is 2. The van der Waals surface area contributed by atoms with Crippen LogP contribution < -0.4 is 16.2 Å². The summed E-state index contributed by atoms with van der Waals surface area (Å²) >= 11 is 5.99. The van der Waals surface area contributed by atoms with Gasteiger partial charge in [0.15, 0.2) is 0 Å². The number of aryl methyl sites for hydroxylation is 2. The Morgan fingerprint density at radius 3 is 2.53 bits per heavy atom. The van der Waals surface area contributed by atoms with Gasteiger partial charge in [-0.1, -0.05) is 30.7 Å². The molecule has 1 fully saturated rings. The van der Waals surface area contributed by atoms with E-state index in [0.29, 0.717) is 23.2 Å². The summed E-state index contributed by atoms with van der Waals surface area (Å²) in [5, 5.41) is 7.91. The number of rotatable bonds is 7. The van der Waals surface area contributed by atoms with Gasteiger partial charge in [0.2, 0.25) is 5.95 Å². The van der Waals surface area contributed by atoms with Crippen LogP contribution in [0.5, 0.6) is 0 Å². The van der Waals surface area contributed by atoms with Crippen LogP contribution in [-0.4, -0.2) is 36.1 Å². The van der Waals surface area contributed by atoms with Crippen LogP contribution in [0, 0.1) is 12.8 Å². The molecule has 8 nitrogen and oxygen atoms in total. The van der Waals surface area contributed by atoms with Crippen LogP contribution >= 0.6 is 11.6 Å². The Morgan fingerprint density at radius 2 is 1.89 bits per heavy atom. The van der Waals surface area contributed by atoms with E-state index in [1.165, 1.54) is 0 Å². The molecule has 0 spiro atoms. The van der Waals surface area contributed by atoms with Crippen LogP contribution in [0.1, 0.15) is 36.7 Å². The van der Waals surface area contributed by atoms with Crippen LogP contribution in [0.25, 0.3) is 11.0 Å². The topological polar surface area (TPSA) is 98.4 Å². The number of anilines is 3. The fraction of sp³-hybridized carbons (Fsp3) is 0.345. The zero-order chi connectivity index (χ0) is 27.1. The van der Waals surface area contributed by atoms with Crippen LogP contribution in [0.3, 0.4) is 0 Å². The van der Waals surface area contributed by atoms with Crippen molar-refractivity contribution in [2.24, 2.45) is 5.92 Å². The van der Waals surface area contributed by atoms with E-state index in [1.54, 1.807) is 17.8 Å².